The zero-order chi connectivity index (χ0) is 16.6. The van der Waals surface area contributed by atoms with E-state index >= 15 is 0 Å². The molecule has 23 heavy (non-hydrogen) atoms. The molecule has 3 rings (SSSR count). The quantitative estimate of drug-likeness (QED) is 0.635. The minimum absolute atomic E-state index is 0.237. The maximum Gasteiger partial charge on any atom is 0.148 e. The highest BCUT2D eigenvalue weighted by Gasteiger charge is 2.21. The second-order valence-corrected chi connectivity index (χ2v) is 5.81. The lowest BCUT2D eigenvalue weighted by atomic mass is 10.1. The molecule has 3 aromatic rings. The van der Waals surface area contributed by atoms with Crippen LogP contribution in [0, 0.1) is 6.92 Å². The van der Waals surface area contributed by atoms with Gasteiger partial charge in [0.25, 0.3) is 0 Å². The van der Waals surface area contributed by atoms with Crippen LogP contribution in [0.15, 0.2) is 30.6 Å². The number of nitrogens with one attached hydrogen (secondary N) is 1. The number of nitrogen functional groups attached to an aromatic ring is 1. The summed E-state index contributed by atoms with van der Waals surface area (Å²) in [5, 5.41) is 3.80. The highest BCUT2D eigenvalue weighted by atomic mass is 32.1. The Morgan fingerprint density at radius 1 is 1.26 bits per heavy atom. The fourth-order valence-corrected chi connectivity index (χ4v) is 2.87. The Morgan fingerprint density at radius 3 is 2.57 bits per heavy atom. The molecule has 0 bridgehead atoms. The lowest BCUT2D eigenvalue weighted by Gasteiger charge is -2.08. The van der Waals surface area contributed by atoms with Gasteiger partial charge in [0.15, 0.2) is 0 Å². The van der Waals surface area contributed by atoms with Gasteiger partial charge in [-0.3, -0.25) is 0 Å². The van der Waals surface area contributed by atoms with Crippen molar-refractivity contribution in [1.29, 1.82) is 0 Å². The molecule has 6 nitrogen and oxygen atoms in total. The van der Waals surface area contributed by atoms with E-state index in [9.17, 15) is 0 Å². The Morgan fingerprint density at radius 2 is 1.96 bits per heavy atom. The Bertz CT molecular complexity index is 882. The summed E-state index contributed by atoms with van der Waals surface area (Å²) in [6.45, 7) is 2.64. The molecule has 5 N–H and O–H groups in total. The molecule has 7 heteroatoms. The molecule has 0 aliphatic rings. The van der Waals surface area contributed by atoms with Gasteiger partial charge < -0.3 is 21.4 Å². The zero-order valence-electron chi connectivity index (χ0n) is 13.0. The summed E-state index contributed by atoms with van der Waals surface area (Å²) in [6.07, 6.45) is 1.50. The van der Waals surface area contributed by atoms with Gasteiger partial charge in [-0.2, -0.15) is 0 Å². The highest BCUT2D eigenvalue weighted by Crippen LogP contribution is 2.31. The monoisotopic (exact) mass is 326 g/mol. The van der Waals surface area contributed by atoms with Crippen molar-refractivity contribution in [3.63, 3.8) is 0 Å². The van der Waals surface area contributed by atoms with Gasteiger partial charge in [0, 0.05) is 7.05 Å². The van der Waals surface area contributed by atoms with Crippen molar-refractivity contribution in [2.75, 3.05) is 18.1 Å². The van der Waals surface area contributed by atoms with Gasteiger partial charge in [-0.25, -0.2) is 9.97 Å². The Balaban J connectivity index is 2.22. The molecule has 0 atom stereocenters. The van der Waals surface area contributed by atoms with Crippen LogP contribution in [0.4, 0.5) is 11.6 Å². The summed E-state index contributed by atoms with van der Waals surface area (Å²) in [7, 11) is 1.79. The van der Waals surface area contributed by atoms with Gasteiger partial charge >= 0.3 is 0 Å². The minimum atomic E-state index is 0.237. The first-order valence-corrected chi connectivity index (χ1v) is 7.59. The predicted molar refractivity (Wildman–Crippen MR) is 97.7 cm³/mol. The first-order chi connectivity index (χ1) is 11.0. The van der Waals surface area contributed by atoms with E-state index in [1.54, 1.807) is 7.05 Å². The maximum atomic E-state index is 6.32. The second kappa shape index (κ2) is 5.85. The van der Waals surface area contributed by atoms with Crippen molar-refractivity contribution in [2.45, 2.75) is 13.5 Å². The number of hydrogen-bond donors (Lipinski definition) is 3. The molecule has 0 spiro atoms. The SMILES string of the molecule is CNc1ncnc2c1c(C(N)=S)c(N)n2Cc1ccc(C)cc1. The minimum Gasteiger partial charge on any atom is -0.389 e. The molecule has 1 aromatic carbocycles. The van der Waals surface area contributed by atoms with Crippen molar-refractivity contribution in [3.8, 4) is 0 Å². The van der Waals surface area contributed by atoms with Crippen molar-refractivity contribution >= 4 is 39.9 Å². The summed E-state index contributed by atoms with van der Waals surface area (Å²) in [6, 6.07) is 8.28. The van der Waals surface area contributed by atoms with E-state index in [-0.39, 0.29) is 4.99 Å². The molecule has 0 amide bonds. The number of benzene rings is 1. The molecule has 0 saturated heterocycles. The first-order valence-electron chi connectivity index (χ1n) is 7.18. The fourth-order valence-electron chi connectivity index (χ4n) is 2.66. The Kier molecular flexibility index (Phi) is 3.87. The maximum absolute atomic E-state index is 6.32. The number of nitrogens with two attached hydrogens (primary N) is 2. The molecule has 0 unspecified atom stereocenters. The number of anilines is 2. The second-order valence-electron chi connectivity index (χ2n) is 5.37. The molecule has 0 saturated carbocycles. The first kappa shape index (κ1) is 15.2. The van der Waals surface area contributed by atoms with Crippen LogP contribution >= 0.6 is 12.2 Å². The number of rotatable bonds is 4. The summed E-state index contributed by atoms with van der Waals surface area (Å²) < 4.78 is 1.91. The van der Waals surface area contributed by atoms with E-state index in [4.69, 9.17) is 23.7 Å². The molecular weight excluding hydrogens is 308 g/mol. The van der Waals surface area contributed by atoms with E-state index in [0.29, 0.717) is 29.4 Å². The lowest BCUT2D eigenvalue weighted by Crippen LogP contribution is -2.13. The lowest BCUT2D eigenvalue weighted by molar-refractivity contribution is 0.834. The van der Waals surface area contributed by atoms with Crippen LogP contribution in [0.1, 0.15) is 16.7 Å². The zero-order valence-corrected chi connectivity index (χ0v) is 13.8. The Labute approximate surface area is 139 Å². The normalized spacial score (nSPS) is 10.9. The third-order valence-electron chi connectivity index (χ3n) is 3.82. The fraction of sp³-hybridized carbons (Fsp3) is 0.188. The average Bonchev–Trinajstić information content (AvgIpc) is 2.82. The summed E-state index contributed by atoms with van der Waals surface area (Å²) >= 11 is 5.18. The molecule has 0 aliphatic heterocycles. The van der Waals surface area contributed by atoms with Crippen LogP contribution in [0.2, 0.25) is 0 Å². The summed E-state index contributed by atoms with van der Waals surface area (Å²) in [5.41, 5.74) is 15.9. The van der Waals surface area contributed by atoms with Gasteiger partial charge in [-0.15, -0.1) is 0 Å². The van der Waals surface area contributed by atoms with Crippen LogP contribution in [0.3, 0.4) is 0 Å². The number of aromatic nitrogens is 3. The Hall–Kier alpha value is -2.67. The number of fused-ring (bicyclic) bond motifs is 1. The average molecular weight is 326 g/mol. The van der Waals surface area contributed by atoms with Crippen molar-refractivity contribution < 1.29 is 0 Å². The van der Waals surface area contributed by atoms with Gasteiger partial charge in [0.05, 0.1) is 17.5 Å². The molecule has 2 aromatic heterocycles. The number of thiocarbonyl (C=S) groups is 1. The van der Waals surface area contributed by atoms with Crippen LogP contribution < -0.4 is 16.8 Å². The van der Waals surface area contributed by atoms with Crippen LogP contribution in [-0.4, -0.2) is 26.6 Å². The third-order valence-corrected chi connectivity index (χ3v) is 4.03. The van der Waals surface area contributed by atoms with Gasteiger partial charge in [-0.1, -0.05) is 42.0 Å². The molecule has 0 fully saturated rings. The van der Waals surface area contributed by atoms with Gasteiger partial charge in [-0.05, 0) is 12.5 Å². The smallest absolute Gasteiger partial charge is 0.148 e. The largest absolute Gasteiger partial charge is 0.389 e. The van der Waals surface area contributed by atoms with Crippen LogP contribution in [0.25, 0.3) is 11.0 Å². The van der Waals surface area contributed by atoms with E-state index < -0.39 is 0 Å². The van der Waals surface area contributed by atoms with E-state index in [1.807, 2.05) is 4.57 Å². The van der Waals surface area contributed by atoms with E-state index in [2.05, 4.69) is 46.5 Å². The third kappa shape index (κ3) is 2.59. The predicted octanol–water partition coefficient (Wildman–Crippen LogP) is 2.05. The van der Waals surface area contributed by atoms with Crippen molar-refractivity contribution in [3.05, 3.63) is 47.3 Å². The summed E-state index contributed by atoms with van der Waals surface area (Å²) in [5.74, 6) is 1.16. The van der Waals surface area contributed by atoms with Gasteiger partial charge in [0.2, 0.25) is 0 Å². The number of hydrogen-bond acceptors (Lipinski definition) is 5. The van der Waals surface area contributed by atoms with Crippen LogP contribution in [-0.2, 0) is 6.54 Å². The van der Waals surface area contributed by atoms with E-state index in [1.165, 1.54) is 11.9 Å². The number of nitrogens with zero attached hydrogens (tertiary/aromatic N) is 3. The van der Waals surface area contributed by atoms with Crippen LogP contribution in [0.5, 0.6) is 0 Å². The summed E-state index contributed by atoms with van der Waals surface area (Å²) in [4.78, 5) is 8.86. The molecule has 0 aliphatic carbocycles. The standard InChI is InChI=1S/C16H18N6S/c1-9-3-5-10(6-4-9)7-22-13(17)11(14(18)23)12-15(19-2)20-8-21-16(12)22/h3-6,8H,7,17H2,1-2H3,(H2,18,23)(H,19,20,21). The highest BCUT2D eigenvalue weighted by molar-refractivity contribution is 7.80. The number of aryl methyl sites for hydroxylation is 1. The van der Waals surface area contributed by atoms with Gasteiger partial charge in [0.1, 0.15) is 28.6 Å². The topological polar surface area (TPSA) is 94.8 Å². The van der Waals surface area contributed by atoms with Crippen molar-refractivity contribution in [1.82, 2.24) is 14.5 Å². The molecular formula is C16H18N6S. The molecule has 2 heterocycles. The molecule has 118 valence electrons. The van der Waals surface area contributed by atoms with E-state index in [0.717, 1.165) is 10.9 Å². The molecule has 0 radical (unpaired) electrons. The van der Waals surface area contributed by atoms with Crippen molar-refractivity contribution in [2.24, 2.45) is 5.73 Å².